The van der Waals surface area contributed by atoms with Gasteiger partial charge in [0.15, 0.2) is 0 Å². The van der Waals surface area contributed by atoms with Gasteiger partial charge in [-0.3, -0.25) is 0 Å². The van der Waals surface area contributed by atoms with Crippen LogP contribution in [0.15, 0.2) is 23.5 Å². The molecule has 0 aromatic carbocycles. The molecule has 0 unspecified atom stereocenters. The van der Waals surface area contributed by atoms with Crippen LogP contribution in [0.25, 0.3) is 0 Å². The Kier molecular flexibility index (Phi) is 1.30. The van der Waals surface area contributed by atoms with Crippen LogP contribution in [-0.2, 0) is 4.74 Å². The van der Waals surface area contributed by atoms with Gasteiger partial charge in [0, 0.05) is 6.42 Å². The Morgan fingerprint density at radius 3 is 2.90 bits per heavy atom. The molecule has 0 atom stereocenters. The van der Waals surface area contributed by atoms with Crippen LogP contribution in [0.3, 0.4) is 0 Å². The molecule has 10 heavy (non-hydrogen) atoms. The fraction of sp³-hybridized carbons (Fsp3) is 0.556. The maximum Gasteiger partial charge on any atom is 0.121 e. The minimum absolute atomic E-state index is 0.893. The Hall–Kier alpha value is -0.720. The second kappa shape index (κ2) is 2.15. The van der Waals surface area contributed by atoms with Crippen LogP contribution in [0.4, 0.5) is 0 Å². The van der Waals surface area contributed by atoms with Crippen LogP contribution >= 0.6 is 0 Å². The topological polar surface area (TPSA) is 9.23 Å². The quantitative estimate of drug-likeness (QED) is 0.497. The first-order valence-electron chi connectivity index (χ1n) is 3.91. The fourth-order valence-electron chi connectivity index (χ4n) is 1.71. The third-order valence-electron chi connectivity index (χ3n) is 2.25. The molecule has 0 aromatic heterocycles. The second-order valence-corrected chi connectivity index (χ2v) is 2.99. The lowest BCUT2D eigenvalue weighted by Crippen LogP contribution is -1.97. The van der Waals surface area contributed by atoms with Gasteiger partial charge in [-0.05, 0) is 30.4 Å². The summed E-state index contributed by atoms with van der Waals surface area (Å²) >= 11 is 0. The number of allylic oxidation sites excluding steroid dienone is 1. The minimum atomic E-state index is 0.893. The standard InChI is InChI=1S/C9H12O/c1-7-3-2-4-8-5-6-10-9(7)8/h1-6H2. The Bertz CT molecular complexity index is 201. The van der Waals surface area contributed by atoms with Gasteiger partial charge in [0.25, 0.3) is 0 Å². The normalized spacial score (nSPS) is 24.6. The summed E-state index contributed by atoms with van der Waals surface area (Å²) in [5, 5.41) is 0. The number of rotatable bonds is 0. The van der Waals surface area contributed by atoms with E-state index in [0.29, 0.717) is 0 Å². The van der Waals surface area contributed by atoms with Gasteiger partial charge in [-0.25, -0.2) is 0 Å². The molecule has 1 heteroatoms. The monoisotopic (exact) mass is 136 g/mol. The fourth-order valence-corrected chi connectivity index (χ4v) is 1.71. The molecule has 2 aliphatic rings. The summed E-state index contributed by atoms with van der Waals surface area (Å²) < 4.78 is 5.45. The first kappa shape index (κ1) is 6.02. The van der Waals surface area contributed by atoms with Crippen LogP contribution in [0.2, 0.25) is 0 Å². The average molecular weight is 136 g/mol. The molecule has 1 heterocycles. The highest BCUT2D eigenvalue weighted by Gasteiger charge is 2.21. The lowest BCUT2D eigenvalue weighted by atomic mass is 9.94. The van der Waals surface area contributed by atoms with Crippen molar-refractivity contribution in [3.63, 3.8) is 0 Å². The third-order valence-corrected chi connectivity index (χ3v) is 2.25. The van der Waals surface area contributed by atoms with Gasteiger partial charge in [0.1, 0.15) is 5.76 Å². The molecule has 1 aliphatic heterocycles. The molecular weight excluding hydrogens is 124 g/mol. The van der Waals surface area contributed by atoms with Crippen LogP contribution < -0.4 is 0 Å². The van der Waals surface area contributed by atoms with E-state index >= 15 is 0 Å². The maximum absolute atomic E-state index is 5.45. The van der Waals surface area contributed by atoms with Crippen molar-refractivity contribution in [3.8, 4) is 0 Å². The molecular formula is C9H12O. The van der Waals surface area contributed by atoms with Crippen LogP contribution in [0, 0.1) is 0 Å². The molecule has 54 valence electrons. The van der Waals surface area contributed by atoms with E-state index in [1.165, 1.54) is 24.0 Å². The van der Waals surface area contributed by atoms with Crippen molar-refractivity contribution < 1.29 is 4.74 Å². The molecule has 0 fully saturated rings. The van der Waals surface area contributed by atoms with Crippen molar-refractivity contribution in [1.82, 2.24) is 0 Å². The summed E-state index contributed by atoms with van der Waals surface area (Å²) in [6, 6.07) is 0. The van der Waals surface area contributed by atoms with E-state index in [4.69, 9.17) is 4.74 Å². The summed E-state index contributed by atoms with van der Waals surface area (Å²) in [6.45, 7) is 4.87. The minimum Gasteiger partial charge on any atom is -0.493 e. The molecule has 0 radical (unpaired) electrons. The molecule has 0 bridgehead atoms. The van der Waals surface area contributed by atoms with Crippen LogP contribution in [0.1, 0.15) is 25.7 Å². The van der Waals surface area contributed by atoms with E-state index in [0.717, 1.165) is 25.2 Å². The van der Waals surface area contributed by atoms with E-state index in [2.05, 4.69) is 6.58 Å². The van der Waals surface area contributed by atoms with Crippen molar-refractivity contribution >= 4 is 0 Å². The van der Waals surface area contributed by atoms with Crippen molar-refractivity contribution in [2.24, 2.45) is 0 Å². The predicted octanol–water partition coefficient (Wildman–Crippen LogP) is 2.40. The first-order valence-corrected chi connectivity index (χ1v) is 3.91. The molecule has 1 nitrogen and oxygen atoms in total. The van der Waals surface area contributed by atoms with E-state index in [1.807, 2.05) is 0 Å². The zero-order valence-electron chi connectivity index (χ0n) is 6.15. The van der Waals surface area contributed by atoms with E-state index in [-0.39, 0.29) is 0 Å². The third kappa shape index (κ3) is 0.772. The molecule has 0 aromatic rings. The Balaban J connectivity index is 2.31. The number of hydrogen-bond acceptors (Lipinski definition) is 1. The summed E-state index contributed by atoms with van der Waals surface area (Å²) in [6.07, 6.45) is 4.81. The van der Waals surface area contributed by atoms with Crippen LogP contribution in [0.5, 0.6) is 0 Å². The molecule has 0 saturated heterocycles. The zero-order chi connectivity index (χ0) is 6.97. The molecule has 0 N–H and O–H groups in total. The van der Waals surface area contributed by atoms with Gasteiger partial charge in [0.2, 0.25) is 0 Å². The predicted molar refractivity (Wildman–Crippen MR) is 40.6 cm³/mol. The highest BCUT2D eigenvalue weighted by Crippen LogP contribution is 2.34. The van der Waals surface area contributed by atoms with E-state index in [1.54, 1.807) is 0 Å². The largest absolute Gasteiger partial charge is 0.493 e. The highest BCUT2D eigenvalue weighted by molar-refractivity contribution is 5.33. The summed E-state index contributed by atoms with van der Waals surface area (Å²) in [4.78, 5) is 0. The Morgan fingerprint density at radius 1 is 1.20 bits per heavy atom. The van der Waals surface area contributed by atoms with Crippen molar-refractivity contribution in [3.05, 3.63) is 23.5 Å². The Morgan fingerprint density at radius 2 is 2.10 bits per heavy atom. The second-order valence-electron chi connectivity index (χ2n) is 2.99. The van der Waals surface area contributed by atoms with Gasteiger partial charge < -0.3 is 4.74 Å². The average Bonchev–Trinajstić information content (AvgIpc) is 2.36. The van der Waals surface area contributed by atoms with Crippen molar-refractivity contribution in [2.75, 3.05) is 6.61 Å². The van der Waals surface area contributed by atoms with Gasteiger partial charge in [-0.2, -0.15) is 0 Å². The van der Waals surface area contributed by atoms with Gasteiger partial charge >= 0.3 is 0 Å². The lowest BCUT2D eigenvalue weighted by molar-refractivity contribution is 0.250. The number of hydrogen-bond donors (Lipinski definition) is 0. The van der Waals surface area contributed by atoms with Crippen molar-refractivity contribution in [2.45, 2.75) is 25.7 Å². The van der Waals surface area contributed by atoms with Gasteiger partial charge in [-0.1, -0.05) is 6.58 Å². The maximum atomic E-state index is 5.45. The lowest BCUT2D eigenvalue weighted by Gasteiger charge is -2.14. The van der Waals surface area contributed by atoms with Crippen molar-refractivity contribution in [1.29, 1.82) is 0 Å². The van der Waals surface area contributed by atoms with Gasteiger partial charge in [-0.15, -0.1) is 0 Å². The van der Waals surface area contributed by atoms with Crippen LogP contribution in [-0.4, -0.2) is 6.61 Å². The zero-order valence-corrected chi connectivity index (χ0v) is 6.15. The highest BCUT2D eigenvalue weighted by atomic mass is 16.5. The molecule has 0 spiro atoms. The van der Waals surface area contributed by atoms with E-state index in [9.17, 15) is 0 Å². The summed E-state index contributed by atoms with van der Waals surface area (Å²) in [5.74, 6) is 1.14. The molecule has 0 saturated carbocycles. The molecule has 2 rings (SSSR count). The molecule has 1 aliphatic carbocycles. The molecule has 0 amide bonds. The SMILES string of the molecule is C=C1CCCC2=C1OCC2. The smallest absolute Gasteiger partial charge is 0.121 e. The summed E-state index contributed by atoms with van der Waals surface area (Å²) in [7, 11) is 0. The Labute approximate surface area is 61.4 Å². The van der Waals surface area contributed by atoms with Gasteiger partial charge in [0.05, 0.1) is 6.61 Å². The number of ether oxygens (including phenoxy) is 1. The summed E-state index contributed by atoms with van der Waals surface area (Å²) in [5.41, 5.74) is 2.73. The van der Waals surface area contributed by atoms with E-state index < -0.39 is 0 Å². The first-order chi connectivity index (χ1) is 4.88.